The van der Waals surface area contributed by atoms with Crippen LogP contribution in [0.5, 0.6) is 0 Å². The van der Waals surface area contributed by atoms with E-state index in [0.29, 0.717) is 16.5 Å². The van der Waals surface area contributed by atoms with E-state index in [9.17, 15) is 4.79 Å². The van der Waals surface area contributed by atoms with Gasteiger partial charge < -0.3 is 4.74 Å². The highest BCUT2D eigenvalue weighted by Crippen LogP contribution is 2.23. The van der Waals surface area contributed by atoms with Crippen molar-refractivity contribution in [3.8, 4) is 0 Å². The van der Waals surface area contributed by atoms with E-state index in [-0.39, 0.29) is 0 Å². The molecule has 1 rings (SSSR count). The van der Waals surface area contributed by atoms with Crippen molar-refractivity contribution in [1.82, 2.24) is 0 Å². The van der Waals surface area contributed by atoms with E-state index in [1.165, 1.54) is 0 Å². The number of thiol groups is 1. The first kappa shape index (κ1) is 14.2. The van der Waals surface area contributed by atoms with Gasteiger partial charge in [-0.15, -0.1) is 0 Å². The van der Waals surface area contributed by atoms with E-state index in [2.05, 4.69) is 17.9 Å². The SMILES string of the molecule is CC(C)(C)OC(=O)Nc1cc(Cl)ccc1CS. The molecule has 5 heteroatoms. The molecule has 0 atom stereocenters. The van der Waals surface area contributed by atoms with Crippen molar-refractivity contribution in [2.45, 2.75) is 32.1 Å². The third-order valence-electron chi connectivity index (χ3n) is 1.88. The highest BCUT2D eigenvalue weighted by molar-refractivity contribution is 7.79. The van der Waals surface area contributed by atoms with Gasteiger partial charge in [-0.1, -0.05) is 17.7 Å². The molecule has 0 spiro atoms. The van der Waals surface area contributed by atoms with Crippen LogP contribution in [0.15, 0.2) is 18.2 Å². The van der Waals surface area contributed by atoms with E-state index in [4.69, 9.17) is 16.3 Å². The van der Waals surface area contributed by atoms with E-state index in [0.717, 1.165) is 5.56 Å². The number of carbonyl (C=O) groups is 1. The predicted octanol–water partition coefficient (Wildman–Crippen LogP) is 4.12. The molecule has 0 aliphatic carbocycles. The van der Waals surface area contributed by atoms with Crippen molar-refractivity contribution in [3.63, 3.8) is 0 Å². The standard InChI is InChI=1S/C12H16ClNO2S/c1-12(2,3)16-11(15)14-10-6-9(13)5-4-8(10)7-17/h4-6,17H,7H2,1-3H3,(H,14,15). The molecule has 0 fully saturated rings. The number of amides is 1. The molecule has 17 heavy (non-hydrogen) atoms. The van der Waals surface area contributed by atoms with Crippen LogP contribution in [0.3, 0.4) is 0 Å². The summed E-state index contributed by atoms with van der Waals surface area (Å²) in [6, 6.07) is 5.26. The summed E-state index contributed by atoms with van der Waals surface area (Å²) in [5, 5.41) is 3.22. The van der Waals surface area contributed by atoms with Crippen molar-refractivity contribution in [2.75, 3.05) is 5.32 Å². The van der Waals surface area contributed by atoms with Gasteiger partial charge in [0.15, 0.2) is 0 Å². The normalized spacial score (nSPS) is 11.1. The van der Waals surface area contributed by atoms with E-state index in [1.54, 1.807) is 12.1 Å². The Hall–Kier alpha value is -0.870. The molecular weight excluding hydrogens is 258 g/mol. The van der Waals surface area contributed by atoms with Crippen LogP contribution in [0.1, 0.15) is 26.3 Å². The number of hydrogen-bond donors (Lipinski definition) is 2. The third-order valence-corrected chi connectivity index (χ3v) is 2.45. The van der Waals surface area contributed by atoms with Gasteiger partial charge in [0.05, 0.1) is 0 Å². The maximum Gasteiger partial charge on any atom is 0.412 e. The van der Waals surface area contributed by atoms with Crippen molar-refractivity contribution in [1.29, 1.82) is 0 Å². The number of rotatable bonds is 2. The van der Waals surface area contributed by atoms with Gasteiger partial charge in [-0.2, -0.15) is 12.6 Å². The average Bonchev–Trinajstić information content (AvgIpc) is 2.14. The fraction of sp³-hybridized carbons (Fsp3) is 0.417. The summed E-state index contributed by atoms with van der Waals surface area (Å²) in [4.78, 5) is 11.6. The molecule has 0 saturated heterocycles. The number of carbonyl (C=O) groups excluding carboxylic acids is 1. The Balaban J connectivity index is 2.80. The number of benzene rings is 1. The molecule has 3 nitrogen and oxygen atoms in total. The molecule has 1 aromatic rings. The predicted molar refractivity (Wildman–Crippen MR) is 74.0 cm³/mol. The van der Waals surface area contributed by atoms with E-state index >= 15 is 0 Å². The Morgan fingerprint density at radius 3 is 2.65 bits per heavy atom. The number of halogens is 1. The zero-order valence-corrected chi connectivity index (χ0v) is 11.7. The minimum atomic E-state index is -0.524. The van der Waals surface area contributed by atoms with Crippen LogP contribution < -0.4 is 5.32 Å². The lowest BCUT2D eigenvalue weighted by atomic mass is 10.2. The number of anilines is 1. The van der Waals surface area contributed by atoms with Crippen molar-refractivity contribution in [3.05, 3.63) is 28.8 Å². The summed E-state index contributed by atoms with van der Waals surface area (Å²) in [6.45, 7) is 5.43. The van der Waals surface area contributed by atoms with Crippen LogP contribution in [0.25, 0.3) is 0 Å². The second kappa shape index (κ2) is 5.65. The van der Waals surface area contributed by atoms with Crippen LogP contribution in [-0.2, 0) is 10.5 Å². The topological polar surface area (TPSA) is 38.3 Å². The monoisotopic (exact) mass is 273 g/mol. The molecule has 0 heterocycles. The first-order valence-corrected chi connectivity index (χ1v) is 6.22. The highest BCUT2D eigenvalue weighted by atomic mass is 35.5. The molecule has 0 aliphatic rings. The summed E-state index contributed by atoms with van der Waals surface area (Å²) in [7, 11) is 0. The maximum atomic E-state index is 11.6. The Bertz CT molecular complexity index is 415. The number of nitrogens with one attached hydrogen (secondary N) is 1. The number of ether oxygens (including phenoxy) is 1. The lowest BCUT2D eigenvalue weighted by molar-refractivity contribution is 0.0636. The van der Waals surface area contributed by atoms with E-state index < -0.39 is 11.7 Å². The smallest absolute Gasteiger partial charge is 0.412 e. The Labute approximate surface area is 112 Å². The Kier molecular flexibility index (Phi) is 4.71. The van der Waals surface area contributed by atoms with Gasteiger partial charge in [-0.3, -0.25) is 5.32 Å². The molecule has 1 aromatic carbocycles. The second-order valence-corrected chi connectivity index (χ2v) is 5.34. The van der Waals surface area contributed by atoms with Crippen LogP contribution in [-0.4, -0.2) is 11.7 Å². The van der Waals surface area contributed by atoms with Gasteiger partial charge in [0.25, 0.3) is 0 Å². The van der Waals surface area contributed by atoms with Crippen molar-refractivity contribution < 1.29 is 9.53 Å². The molecule has 94 valence electrons. The molecule has 1 amide bonds. The first-order valence-electron chi connectivity index (χ1n) is 5.21. The van der Waals surface area contributed by atoms with Crippen LogP contribution in [0.2, 0.25) is 5.02 Å². The fourth-order valence-electron chi connectivity index (χ4n) is 1.22. The lowest BCUT2D eigenvalue weighted by Gasteiger charge is -2.20. The van der Waals surface area contributed by atoms with Crippen LogP contribution >= 0.6 is 24.2 Å². The second-order valence-electron chi connectivity index (χ2n) is 4.59. The van der Waals surface area contributed by atoms with Gasteiger partial charge >= 0.3 is 6.09 Å². The minimum Gasteiger partial charge on any atom is -0.444 e. The maximum absolute atomic E-state index is 11.6. The molecule has 0 bridgehead atoms. The lowest BCUT2D eigenvalue weighted by Crippen LogP contribution is -2.27. The van der Waals surface area contributed by atoms with Gasteiger partial charge in [-0.05, 0) is 38.5 Å². The van der Waals surface area contributed by atoms with Crippen molar-refractivity contribution in [2.24, 2.45) is 0 Å². The minimum absolute atomic E-state index is 0.497. The Morgan fingerprint density at radius 1 is 1.47 bits per heavy atom. The fourth-order valence-corrected chi connectivity index (χ4v) is 1.66. The molecular formula is C12H16ClNO2S. The molecule has 0 radical (unpaired) electrons. The summed E-state index contributed by atoms with van der Waals surface area (Å²) < 4.78 is 5.16. The zero-order chi connectivity index (χ0) is 13.1. The summed E-state index contributed by atoms with van der Waals surface area (Å²) >= 11 is 10.1. The molecule has 0 aliphatic heterocycles. The van der Waals surface area contributed by atoms with Crippen molar-refractivity contribution >= 4 is 36.0 Å². The van der Waals surface area contributed by atoms with Crippen LogP contribution in [0.4, 0.5) is 10.5 Å². The quantitative estimate of drug-likeness (QED) is 0.796. The Morgan fingerprint density at radius 2 is 2.12 bits per heavy atom. The largest absolute Gasteiger partial charge is 0.444 e. The first-order chi connectivity index (χ1) is 7.81. The number of hydrogen-bond acceptors (Lipinski definition) is 3. The van der Waals surface area contributed by atoms with Gasteiger partial charge in [0.2, 0.25) is 0 Å². The van der Waals surface area contributed by atoms with E-state index in [1.807, 2.05) is 26.8 Å². The molecule has 1 N–H and O–H groups in total. The average molecular weight is 274 g/mol. The third kappa shape index (κ3) is 4.88. The zero-order valence-electron chi connectivity index (χ0n) is 10.1. The highest BCUT2D eigenvalue weighted by Gasteiger charge is 2.17. The summed E-state index contributed by atoms with van der Waals surface area (Å²) in [5.41, 5.74) is 0.995. The molecule has 0 aromatic heterocycles. The molecule has 0 unspecified atom stereocenters. The van der Waals surface area contributed by atoms with Gasteiger partial charge in [0.1, 0.15) is 5.60 Å². The molecule has 0 saturated carbocycles. The summed E-state index contributed by atoms with van der Waals surface area (Å²) in [6.07, 6.45) is -0.497. The summed E-state index contributed by atoms with van der Waals surface area (Å²) in [5.74, 6) is 0.516. The van der Waals surface area contributed by atoms with Crippen LogP contribution in [0, 0.1) is 0 Å². The van der Waals surface area contributed by atoms with Gasteiger partial charge in [0, 0.05) is 16.5 Å². The van der Waals surface area contributed by atoms with Gasteiger partial charge in [-0.25, -0.2) is 4.79 Å².